The molecule has 3 unspecified atom stereocenters. The quantitative estimate of drug-likeness (QED) is 0.820. The number of likely N-dealkylation sites (tertiary alicyclic amines) is 1. The van der Waals surface area contributed by atoms with Gasteiger partial charge in [-0.25, -0.2) is 0 Å². The summed E-state index contributed by atoms with van der Waals surface area (Å²) in [4.78, 5) is 5.39. The molecule has 0 aromatic rings. The fraction of sp³-hybridized carbons (Fsp3) is 1.00. The van der Waals surface area contributed by atoms with Crippen molar-refractivity contribution < 1.29 is 0 Å². The maximum atomic E-state index is 3.72. The van der Waals surface area contributed by atoms with Gasteiger partial charge in [-0.3, -0.25) is 4.90 Å². The van der Waals surface area contributed by atoms with E-state index in [2.05, 4.69) is 29.1 Å². The van der Waals surface area contributed by atoms with Crippen LogP contribution in [0.2, 0.25) is 0 Å². The normalized spacial score (nSPS) is 38.5. The molecule has 1 saturated carbocycles. The Labute approximate surface area is 112 Å². The first-order valence-electron chi connectivity index (χ1n) is 7.93. The van der Waals surface area contributed by atoms with Crippen LogP contribution >= 0.6 is 0 Å². The number of nitrogens with one attached hydrogen (secondary N) is 1. The average Bonchev–Trinajstić information content (AvgIpc) is 3.15. The molecule has 2 aliphatic heterocycles. The molecular weight excluding hydrogens is 222 g/mol. The summed E-state index contributed by atoms with van der Waals surface area (Å²) in [7, 11) is 2.29. The van der Waals surface area contributed by atoms with E-state index in [0.717, 1.165) is 24.2 Å². The van der Waals surface area contributed by atoms with E-state index in [9.17, 15) is 0 Å². The minimum Gasteiger partial charge on any atom is -0.313 e. The van der Waals surface area contributed by atoms with Crippen LogP contribution in [0.3, 0.4) is 0 Å². The summed E-state index contributed by atoms with van der Waals surface area (Å²) in [5.74, 6) is 0. The summed E-state index contributed by atoms with van der Waals surface area (Å²) in [6.45, 7) is 6.20. The largest absolute Gasteiger partial charge is 0.313 e. The molecule has 2 heterocycles. The van der Waals surface area contributed by atoms with Crippen LogP contribution < -0.4 is 5.32 Å². The van der Waals surface area contributed by atoms with Gasteiger partial charge < -0.3 is 10.2 Å². The van der Waals surface area contributed by atoms with Crippen LogP contribution in [-0.2, 0) is 0 Å². The molecule has 3 heteroatoms. The number of hydrogen-bond donors (Lipinski definition) is 1. The maximum Gasteiger partial charge on any atom is 0.0241 e. The van der Waals surface area contributed by atoms with Crippen molar-refractivity contribution >= 4 is 0 Å². The van der Waals surface area contributed by atoms with Crippen molar-refractivity contribution in [3.63, 3.8) is 0 Å². The van der Waals surface area contributed by atoms with Gasteiger partial charge in [-0.2, -0.15) is 0 Å². The Balaban J connectivity index is 1.58. The smallest absolute Gasteiger partial charge is 0.0241 e. The molecule has 18 heavy (non-hydrogen) atoms. The van der Waals surface area contributed by atoms with Crippen LogP contribution in [-0.4, -0.2) is 60.6 Å². The predicted molar refractivity (Wildman–Crippen MR) is 75.9 cm³/mol. The summed E-state index contributed by atoms with van der Waals surface area (Å²) in [6, 6.07) is 3.27. The zero-order valence-electron chi connectivity index (χ0n) is 12.1. The van der Waals surface area contributed by atoms with E-state index in [4.69, 9.17) is 0 Å². The molecule has 0 radical (unpaired) electrons. The van der Waals surface area contributed by atoms with Crippen molar-refractivity contribution in [2.24, 2.45) is 0 Å². The highest BCUT2D eigenvalue weighted by atomic mass is 15.3. The fourth-order valence-electron chi connectivity index (χ4n) is 3.74. The number of nitrogens with zero attached hydrogens (tertiary/aromatic N) is 2. The third-order valence-corrected chi connectivity index (χ3v) is 5.19. The minimum absolute atomic E-state index is 0.764. The molecule has 1 N–H and O–H groups in total. The molecule has 0 aromatic heterocycles. The SMILES string of the molecule is CC1CC(N(CC2CCCCN2)C2CC2)CN1C. The van der Waals surface area contributed by atoms with Crippen LogP contribution in [0.4, 0.5) is 0 Å². The van der Waals surface area contributed by atoms with Crippen LogP contribution in [0.25, 0.3) is 0 Å². The molecule has 104 valence electrons. The van der Waals surface area contributed by atoms with Crippen molar-refractivity contribution in [1.29, 1.82) is 0 Å². The predicted octanol–water partition coefficient (Wildman–Crippen LogP) is 1.69. The van der Waals surface area contributed by atoms with Crippen molar-refractivity contribution in [2.75, 3.05) is 26.7 Å². The van der Waals surface area contributed by atoms with Gasteiger partial charge in [0.25, 0.3) is 0 Å². The standard InChI is InChI=1S/C15H29N3/c1-12-9-15(11-17(12)2)18(14-6-7-14)10-13-5-3-4-8-16-13/h12-16H,3-11H2,1-2H3. The molecule has 3 nitrogen and oxygen atoms in total. The maximum absolute atomic E-state index is 3.72. The highest BCUT2D eigenvalue weighted by Crippen LogP contribution is 2.33. The number of piperidine rings is 1. The number of likely N-dealkylation sites (N-methyl/N-ethyl adjacent to an activating group) is 1. The van der Waals surface area contributed by atoms with E-state index in [-0.39, 0.29) is 0 Å². The van der Waals surface area contributed by atoms with Crippen LogP contribution in [0, 0.1) is 0 Å². The van der Waals surface area contributed by atoms with Crippen LogP contribution in [0.1, 0.15) is 45.4 Å². The second kappa shape index (κ2) is 5.48. The summed E-state index contributed by atoms with van der Waals surface area (Å²) in [5.41, 5.74) is 0. The average molecular weight is 251 g/mol. The Morgan fingerprint density at radius 2 is 2.00 bits per heavy atom. The van der Waals surface area contributed by atoms with Crippen LogP contribution in [0.5, 0.6) is 0 Å². The van der Waals surface area contributed by atoms with Gasteiger partial charge >= 0.3 is 0 Å². The van der Waals surface area contributed by atoms with Crippen LogP contribution in [0.15, 0.2) is 0 Å². The first-order chi connectivity index (χ1) is 8.74. The fourth-order valence-corrected chi connectivity index (χ4v) is 3.74. The first kappa shape index (κ1) is 12.9. The van der Waals surface area contributed by atoms with Gasteiger partial charge in [0.15, 0.2) is 0 Å². The zero-order valence-corrected chi connectivity index (χ0v) is 12.1. The lowest BCUT2D eigenvalue weighted by Gasteiger charge is -2.34. The Morgan fingerprint density at radius 3 is 2.56 bits per heavy atom. The van der Waals surface area contributed by atoms with Crippen molar-refractivity contribution in [3.8, 4) is 0 Å². The molecular formula is C15H29N3. The molecule has 2 saturated heterocycles. The van der Waals surface area contributed by atoms with Gasteiger partial charge in [0.2, 0.25) is 0 Å². The summed E-state index contributed by atoms with van der Waals surface area (Å²) in [6.07, 6.45) is 8.46. The summed E-state index contributed by atoms with van der Waals surface area (Å²) < 4.78 is 0. The second-order valence-corrected chi connectivity index (χ2v) is 6.75. The Bertz CT molecular complexity index is 261. The lowest BCUT2D eigenvalue weighted by atomic mass is 10.0. The van der Waals surface area contributed by atoms with Crippen molar-refractivity contribution in [1.82, 2.24) is 15.1 Å². The van der Waals surface area contributed by atoms with E-state index in [1.807, 2.05) is 0 Å². The molecule has 0 aromatic carbocycles. The third kappa shape index (κ3) is 2.89. The van der Waals surface area contributed by atoms with Crippen molar-refractivity contribution in [2.45, 2.75) is 69.6 Å². The van der Waals surface area contributed by atoms with Gasteiger partial charge in [0, 0.05) is 37.3 Å². The lowest BCUT2D eigenvalue weighted by Crippen LogP contribution is -2.48. The summed E-state index contributed by atoms with van der Waals surface area (Å²) >= 11 is 0. The molecule has 1 aliphatic carbocycles. The third-order valence-electron chi connectivity index (χ3n) is 5.19. The van der Waals surface area contributed by atoms with Gasteiger partial charge in [0.05, 0.1) is 0 Å². The van der Waals surface area contributed by atoms with E-state index in [1.165, 1.54) is 58.2 Å². The topological polar surface area (TPSA) is 18.5 Å². The minimum atomic E-state index is 0.764. The zero-order chi connectivity index (χ0) is 12.5. The Morgan fingerprint density at radius 1 is 1.17 bits per heavy atom. The van der Waals surface area contributed by atoms with Gasteiger partial charge in [0.1, 0.15) is 0 Å². The Kier molecular flexibility index (Phi) is 3.92. The van der Waals surface area contributed by atoms with E-state index < -0.39 is 0 Å². The Hall–Kier alpha value is -0.120. The molecule has 3 atom stereocenters. The van der Waals surface area contributed by atoms with E-state index in [1.54, 1.807) is 0 Å². The number of hydrogen-bond acceptors (Lipinski definition) is 3. The van der Waals surface area contributed by atoms with Gasteiger partial charge in [-0.15, -0.1) is 0 Å². The molecule has 0 amide bonds. The van der Waals surface area contributed by atoms with Gasteiger partial charge in [-0.05, 0) is 52.6 Å². The highest BCUT2D eigenvalue weighted by Gasteiger charge is 2.39. The molecule has 3 rings (SSSR count). The summed E-state index contributed by atoms with van der Waals surface area (Å²) in [5, 5.41) is 3.72. The van der Waals surface area contributed by atoms with E-state index in [0.29, 0.717) is 0 Å². The lowest BCUT2D eigenvalue weighted by molar-refractivity contribution is 0.158. The highest BCUT2D eigenvalue weighted by molar-refractivity contribution is 4.96. The second-order valence-electron chi connectivity index (χ2n) is 6.75. The monoisotopic (exact) mass is 251 g/mol. The van der Waals surface area contributed by atoms with Crippen molar-refractivity contribution in [3.05, 3.63) is 0 Å². The molecule has 3 fully saturated rings. The number of rotatable bonds is 4. The first-order valence-corrected chi connectivity index (χ1v) is 7.93. The molecule has 0 bridgehead atoms. The molecule has 3 aliphatic rings. The van der Waals surface area contributed by atoms with E-state index >= 15 is 0 Å². The molecule has 0 spiro atoms. The van der Waals surface area contributed by atoms with Gasteiger partial charge in [-0.1, -0.05) is 6.42 Å².